The Hall–Kier alpha value is -3.01. The summed E-state index contributed by atoms with van der Waals surface area (Å²) in [5, 5.41) is 0. The number of carbonyl (C=O) groups excluding carboxylic acids is 1. The average molecular weight is 377 g/mol. The van der Waals surface area contributed by atoms with E-state index >= 15 is 0 Å². The maximum atomic E-state index is 14.5. The quantitative estimate of drug-likeness (QED) is 0.500. The van der Waals surface area contributed by atoms with Gasteiger partial charge >= 0.3 is 0 Å². The number of aromatic nitrogens is 1. The van der Waals surface area contributed by atoms with Crippen LogP contribution in [0.5, 0.6) is 5.75 Å². The van der Waals surface area contributed by atoms with Crippen LogP contribution in [0.15, 0.2) is 67.0 Å². The molecule has 28 heavy (non-hydrogen) atoms. The molecule has 0 saturated carbocycles. The van der Waals surface area contributed by atoms with Crippen LogP contribution < -0.4 is 4.74 Å². The van der Waals surface area contributed by atoms with Gasteiger partial charge in [0.1, 0.15) is 5.78 Å². The van der Waals surface area contributed by atoms with E-state index in [0.717, 1.165) is 29.5 Å². The molecule has 0 radical (unpaired) electrons. The van der Waals surface area contributed by atoms with E-state index in [1.165, 1.54) is 0 Å². The number of nitrogens with zero attached hydrogens (tertiary/aromatic N) is 1. The van der Waals surface area contributed by atoms with Gasteiger partial charge in [0.2, 0.25) is 0 Å². The molecular weight excluding hydrogens is 353 g/mol. The Labute approximate surface area is 165 Å². The first-order valence-corrected chi connectivity index (χ1v) is 9.58. The highest BCUT2D eigenvalue weighted by molar-refractivity contribution is 5.80. The predicted octanol–water partition coefficient (Wildman–Crippen LogP) is 5.42. The largest absolute Gasteiger partial charge is 0.491 e. The molecule has 0 aliphatic carbocycles. The molecule has 2 aromatic carbocycles. The van der Waals surface area contributed by atoms with E-state index in [2.05, 4.69) is 4.98 Å². The van der Waals surface area contributed by atoms with Crippen molar-refractivity contribution in [1.82, 2.24) is 4.98 Å². The molecule has 3 nitrogen and oxygen atoms in total. The third kappa shape index (κ3) is 5.26. The van der Waals surface area contributed by atoms with Crippen molar-refractivity contribution in [3.63, 3.8) is 0 Å². The summed E-state index contributed by atoms with van der Waals surface area (Å²) in [6.45, 7) is 2.27. The number of hydrogen-bond acceptors (Lipinski definition) is 3. The number of ether oxygens (including phenoxy) is 1. The van der Waals surface area contributed by atoms with E-state index in [0.29, 0.717) is 25.0 Å². The van der Waals surface area contributed by atoms with Crippen LogP contribution in [-0.2, 0) is 17.6 Å². The first-order chi connectivity index (χ1) is 13.7. The standard InChI is InChI=1S/C24H24FNO2/c1-2-28-23-10-4-9-22(24(23)25)20-13-11-18(12-14-20)6-3-8-21(27)16-19-7-5-15-26-17-19/h4-5,7,9-15,17H,2-3,6,8,16H2,1H3. The molecule has 0 saturated heterocycles. The monoisotopic (exact) mass is 377 g/mol. The van der Waals surface area contributed by atoms with Crippen LogP contribution in [0.2, 0.25) is 0 Å². The molecule has 1 heterocycles. The molecule has 0 N–H and O–H groups in total. The number of benzene rings is 2. The van der Waals surface area contributed by atoms with Crippen molar-refractivity contribution in [2.24, 2.45) is 0 Å². The van der Waals surface area contributed by atoms with Crippen LogP contribution in [0.4, 0.5) is 4.39 Å². The SMILES string of the molecule is CCOc1cccc(-c2ccc(CCCC(=O)Cc3cccnc3)cc2)c1F. The summed E-state index contributed by atoms with van der Waals surface area (Å²) >= 11 is 0. The molecule has 0 spiro atoms. The lowest BCUT2D eigenvalue weighted by atomic mass is 9.99. The summed E-state index contributed by atoms with van der Waals surface area (Å²) in [5.74, 6) is 0.161. The summed E-state index contributed by atoms with van der Waals surface area (Å²) in [6, 6.07) is 16.8. The van der Waals surface area contributed by atoms with Crippen molar-refractivity contribution >= 4 is 5.78 Å². The fourth-order valence-electron chi connectivity index (χ4n) is 3.16. The van der Waals surface area contributed by atoms with Gasteiger partial charge in [-0.1, -0.05) is 42.5 Å². The topological polar surface area (TPSA) is 39.2 Å². The highest BCUT2D eigenvalue weighted by Crippen LogP contribution is 2.29. The Morgan fingerprint density at radius 1 is 1.04 bits per heavy atom. The number of ketones is 1. The Bertz CT molecular complexity index is 908. The van der Waals surface area contributed by atoms with E-state index < -0.39 is 0 Å². The molecule has 144 valence electrons. The molecule has 4 heteroatoms. The molecule has 3 rings (SSSR count). The molecule has 1 aromatic heterocycles. The van der Waals surface area contributed by atoms with Gasteiger partial charge in [-0.05, 0) is 48.6 Å². The summed E-state index contributed by atoms with van der Waals surface area (Å²) in [4.78, 5) is 16.1. The fourth-order valence-corrected chi connectivity index (χ4v) is 3.16. The van der Waals surface area contributed by atoms with Crippen LogP contribution in [0.3, 0.4) is 0 Å². The lowest BCUT2D eigenvalue weighted by Crippen LogP contribution is -2.03. The van der Waals surface area contributed by atoms with E-state index in [1.54, 1.807) is 30.6 Å². The smallest absolute Gasteiger partial charge is 0.172 e. The average Bonchev–Trinajstić information content (AvgIpc) is 2.71. The van der Waals surface area contributed by atoms with Gasteiger partial charge in [-0.2, -0.15) is 0 Å². The minimum absolute atomic E-state index is 0.222. The second-order valence-electron chi connectivity index (χ2n) is 6.68. The summed E-state index contributed by atoms with van der Waals surface area (Å²) in [6.07, 6.45) is 6.03. The molecule has 0 aliphatic rings. The second kappa shape index (κ2) is 9.79. The zero-order valence-electron chi connectivity index (χ0n) is 16.0. The highest BCUT2D eigenvalue weighted by Gasteiger charge is 2.11. The van der Waals surface area contributed by atoms with Crippen LogP contribution in [0.1, 0.15) is 30.9 Å². The third-order valence-electron chi connectivity index (χ3n) is 4.57. The minimum Gasteiger partial charge on any atom is -0.491 e. The lowest BCUT2D eigenvalue weighted by molar-refractivity contribution is -0.118. The van der Waals surface area contributed by atoms with Crippen molar-refractivity contribution in [3.05, 3.63) is 83.9 Å². The number of pyridine rings is 1. The van der Waals surface area contributed by atoms with Crippen molar-refractivity contribution in [2.75, 3.05) is 6.61 Å². The normalized spacial score (nSPS) is 10.6. The molecule has 0 fully saturated rings. The fraction of sp³-hybridized carbons (Fsp3) is 0.250. The number of halogens is 1. The first kappa shape index (κ1) is 19.7. The van der Waals surface area contributed by atoms with Crippen molar-refractivity contribution in [3.8, 4) is 16.9 Å². The Morgan fingerprint density at radius 2 is 1.86 bits per heavy atom. The molecule has 0 atom stereocenters. The van der Waals surface area contributed by atoms with Gasteiger partial charge in [-0.15, -0.1) is 0 Å². The van der Waals surface area contributed by atoms with Crippen molar-refractivity contribution in [2.45, 2.75) is 32.6 Å². The number of carbonyl (C=O) groups is 1. The molecule has 0 amide bonds. The van der Waals surface area contributed by atoms with E-state index in [1.807, 2.05) is 43.3 Å². The molecule has 0 unspecified atom stereocenters. The number of Topliss-reactive ketones (excluding diaryl/α,β-unsaturated/α-hetero) is 1. The Morgan fingerprint density at radius 3 is 2.57 bits per heavy atom. The highest BCUT2D eigenvalue weighted by atomic mass is 19.1. The Balaban J connectivity index is 1.55. The third-order valence-corrected chi connectivity index (χ3v) is 4.57. The molecule has 3 aromatic rings. The Kier molecular flexibility index (Phi) is 6.90. The molecule has 0 aliphatic heterocycles. The van der Waals surface area contributed by atoms with Crippen molar-refractivity contribution in [1.29, 1.82) is 0 Å². The van der Waals surface area contributed by atoms with E-state index in [9.17, 15) is 9.18 Å². The van der Waals surface area contributed by atoms with Crippen LogP contribution in [0.25, 0.3) is 11.1 Å². The zero-order valence-corrected chi connectivity index (χ0v) is 16.0. The van der Waals surface area contributed by atoms with Gasteiger partial charge in [0.05, 0.1) is 6.61 Å². The van der Waals surface area contributed by atoms with Gasteiger partial charge in [-0.3, -0.25) is 9.78 Å². The van der Waals surface area contributed by atoms with Gasteiger partial charge < -0.3 is 4.74 Å². The van der Waals surface area contributed by atoms with E-state index in [-0.39, 0.29) is 17.3 Å². The first-order valence-electron chi connectivity index (χ1n) is 9.58. The van der Waals surface area contributed by atoms with Crippen LogP contribution in [-0.4, -0.2) is 17.4 Å². The number of hydrogen-bond donors (Lipinski definition) is 0. The van der Waals surface area contributed by atoms with Gasteiger partial charge in [0.15, 0.2) is 11.6 Å². The molecular formula is C24H24FNO2. The van der Waals surface area contributed by atoms with Crippen LogP contribution in [0, 0.1) is 5.82 Å². The maximum absolute atomic E-state index is 14.5. The number of aryl methyl sites for hydroxylation is 1. The van der Waals surface area contributed by atoms with Crippen molar-refractivity contribution < 1.29 is 13.9 Å². The summed E-state index contributed by atoms with van der Waals surface area (Å²) < 4.78 is 19.9. The zero-order chi connectivity index (χ0) is 19.8. The summed E-state index contributed by atoms with van der Waals surface area (Å²) in [5.41, 5.74) is 3.44. The second-order valence-corrected chi connectivity index (χ2v) is 6.68. The van der Waals surface area contributed by atoms with Gasteiger partial charge in [0, 0.05) is 30.8 Å². The minimum atomic E-state index is -0.335. The number of rotatable bonds is 9. The molecule has 0 bridgehead atoms. The predicted molar refractivity (Wildman–Crippen MR) is 109 cm³/mol. The summed E-state index contributed by atoms with van der Waals surface area (Å²) in [7, 11) is 0. The van der Waals surface area contributed by atoms with Gasteiger partial charge in [-0.25, -0.2) is 4.39 Å². The van der Waals surface area contributed by atoms with Crippen LogP contribution >= 0.6 is 0 Å². The van der Waals surface area contributed by atoms with Gasteiger partial charge in [0.25, 0.3) is 0 Å². The van der Waals surface area contributed by atoms with E-state index in [4.69, 9.17) is 4.74 Å². The lowest BCUT2D eigenvalue weighted by Gasteiger charge is -2.10. The maximum Gasteiger partial charge on any atom is 0.172 e.